The minimum absolute atomic E-state index is 0.0652. The lowest BCUT2D eigenvalue weighted by Crippen LogP contribution is -2.47. The summed E-state index contributed by atoms with van der Waals surface area (Å²) >= 11 is 1.40. The van der Waals surface area contributed by atoms with Crippen molar-refractivity contribution in [3.05, 3.63) is 51.6 Å². The molecule has 1 amide bonds. The van der Waals surface area contributed by atoms with Crippen molar-refractivity contribution in [2.75, 3.05) is 49.1 Å². The van der Waals surface area contributed by atoms with E-state index in [0.29, 0.717) is 29.2 Å². The summed E-state index contributed by atoms with van der Waals surface area (Å²) in [5, 5.41) is 13.5. The SMILES string of the molecule is O=C(NCCCO)c1ccc(N2CCN(c3nc4ccsc4c(=O)[nH]3)CC2)cc1. The van der Waals surface area contributed by atoms with Crippen LogP contribution in [-0.4, -0.2) is 60.3 Å². The molecule has 9 heteroatoms. The Labute approximate surface area is 171 Å². The van der Waals surface area contributed by atoms with E-state index in [1.165, 1.54) is 11.3 Å². The van der Waals surface area contributed by atoms with Crippen molar-refractivity contribution < 1.29 is 9.90 Å². The molecule has 0 atom stereocenters. The molecule has 3 aromatic rings. The molecule has 0 aliphatic carbocycles. The second kappa shape index (κ2) is 8.62. The molecule has 1 aromatic carbocycles. The predicted octanol–water partition coefficient (Wildman–Crippen LogP) is 1.42. The third-order valence-electron chi connectivity index (χ3n) is 5.00. The van der Waals surface area contributed by atoms with Crippen LogP contribution in [0.25, 0.3) is 10.2 Å². The van der Waals surface area contributed by atoms with E-state index in [2.05, 4.69) is 25.1 Å². The molecule has 152 valence electrons. The van der Waals surface area contributed by atoms with E-state index in [-0.39, 0.29) is 18.1 Å². The van der Waals surface area contributed by atoms with Crippen LogP contribution in [0.1, 0.15) is 16.8 Å². The van der Waals surface area contributed by atoms with Crippen LogP contribution in [0.5, 0.6) is 0 Å². The number of benzene rings is 1. The normalized spacial score (nSPS) is 14.4. The topological polar surface area (TPSA) is 102 Å². The Balaban J connectivity index is 1.37. The molecule has 2 aromatic heterocycles. The molecule has 1 saturated heterocycles. The minimum Gasteiger partial charge on any atom is -0.396 e. The van der Waals surface area contributed by atoms with Gasteiger partial charge in [0, 0.05) is 50.6 Å². The van der Waals surface area contributed by atoms with Crippen molar-refractivity contribution in [1.82, 2.24) is 15.3 Å². The maximum absolute atomic E-state index is 12.2. The van der Waals surface area contributed by atoms with Crippen molar-refractivity contribution in [2.45, 2.75) is 6.42 Å². The van der Waals surface area contributed by atoms with E-state index in [1.807, 2.05) is 35.7 Å². The first kappa shape index (κ1) is 19.4. The van der Waals surface area contributed by atoms with Gasteiger partial charge < -0.3 is 20.2 Å². The summed E-state index contributed by atoms with van der Waals surface area (Å²) in [7, 11) is 0. The van der Waals surface area contributed by atoms with Crippen molar-refractivity contribution in [2.24, 2.45) is 0 Å². The maximum atomic E-state index is 12.2. The average Bonchev–Trinajstić information content (AvgIpc) is 3.23. The highest BCUT2D eigenvalue weighted by Crippen LogP contribution is 2.21. The Kier molecular flexibility index (Phi) is 5.77. The van der Waals surface area contributed by atoms with Gasteiger partial charge in [0.15, 0.2) is 0 Å². The average molecular weight is 414 g/mol. The van der Waals surface area contributed by atoms with E-state index >= 15 is 0 Å². The molecule has 8 nitrogen and oxygen atoms in total. The number of nitrogens with zero attached hydrogens (tertiary/aromatic N) is 3. The fourth-order valence-corrected chi connectivity index (χ4v) is 4.12. The number of aliphatic hydroxyl groups is 1. The molecule has 0 bridgehead atoms. The fourth-order valence-electron chi connectivity index (χ4n) is 3.39. The molecule has 0 spiro atoms. The molecular formula is C20H23N5O3S. The number of nitrogens with one attached hydrogen (secondary N) is 2. The number of H-pyrrole nitrogens is 1. The lowest BCUT2D eigenvalue weighted by atomic mass is 10.1. The van der Waals surface area contributed by atoms with Gasteiger partial charge in [-0.1, -0.05) is 0 Å². The number of thiophene rings is 1. The standard InChI is InChI=1S/C20H23N5O3S/c26-12-1-7-21-18(27)14-2-4-15(5-3-14)24-8-10-25(11-9-24)20-22-16-6-13-29-17(16)19(28)23-20/h2-6,13,26H,1,7-12H2,(H,21,27)(H,22,23,28). The Morgan fingerprint density at radius 2 is 1.86 bits per heavy atom. The van der Waals surface area contributed by atoms with Gasteiger partial charge in [-0.15, -0.1) is 11.3 Å². The highest BCUT2D eigenvalue weighted by atomic mass is 32.1. The molecule has 29 heavy (non-hydrogen) atoms. The molecule has 3 heterocycles. The molecule has 1 aliphatic heterocycles. The van der Waals surface area contributed by atoms with Gasteiger partial charge in [-0.05, 0) is 42.1 Å². The van der Waals surface area contributed by atoms with Crippen LogP contribution in [0.15, 0.2) is 40.5 Å². The van der Waals surface area contributed by atoms with Crippen LogP contribution < -0.4 is 20.7 Å². The molecule has 4 rings (SSSR count). The van der Waals surface area contributed by atoms with Crippen LogP contribution in [0.4, 0.5) is 11.6 Å². The van der Waals surface area contributed by atoms with Crippen molar-refractivity contribution in [3.8, 4) is 0 Å². The summed E-state index contributed by atoms with van der Waals surface area (Å²) in [6.45, 7) is 3.63. The number of anilines is 2. The van der Waals surface area contributed by atoms with Gasteiger partial charge in [-0.25, -0.2) is 4.98 Å². The number of piperazine rings is 1. The van der Waals surface area contributed by atoms with Crippen molar-refractivity contribution in [3.63, 3.8) is 0 Å². The second-order valence-corrected chi connectivity index (χ2v) is 7.79. The first-order chi connectivity index (χ1) is 14.2. The number of carbonyl (C=O) groups excluding carboxylic acids is 1. The van der Waals surface area contributed by atoms with Crippen molar-refractivity contribution >= 4 is 39.1 Å². The number of fused-ring (bicyclic) bond motifs is 1. The highest BCUT2D eigenvalue weighted by Gasteiger charge is 2.20. The number of aromatic amines is 1. The van der Waals surface area contributed by atoms with E-state index < -0.39 is 0 Å². The maximum Gasteiger partial charge on any atom is 0.270 e. The first-order valence-corrected chi connectivity index (χ1v) is 10.5. The zero-order valence-corrected chi connectivity index (χ0v) is 16.7. The van der Waals surface area contributed by atoms with Gasteiger partial charge in [0.25, 0.3) is 11.5 Å². The predicted molar refractivity (Wildman–Crippen MR) is 115 cm³/mol. The Morgan fingerprint density at radius 3 is 2.59 bits per heavy atom. The number of carbonyl (C=O) groups is 1. The van der Waals surface area contributed by atoms with E-state index in [9.17, 15) is 9.59 Å². The zero-order chi connectivity index (χ0) is 20.2. The summed E-state index contributed by atoms with van der Waals surface area (Å²) in [6, 6.07) is 9.41. The number of hydrogen-bond donors (Lipinski definition) is 3. The van der Waals surface area contributed by atoms with Crippen LogP contribution in [0.3, 0.4) is 0 Å². The van der Waals surface area contributed by atoms with E-state index in [1.54, 1.807) is 0 Å². The van der Waals surface area contributed by atoms with Gasteiger partial charge in [0.05, 0.1) is 5.52 Å². The molecule has 1 fully saturated rings. The largest absolute Gasteiger partial charge is 0.396 e. The van der Waals surface area contributed by atoms with Crippen LogP contribution in [0.2, 0.25) is 0 Å². The quantitative estimate of drug-likeness (QED) is 0.529. The summed E-state index contributed by atoms with van der Waals surface area (Å²) in [5.41, 5.74) is 2.32. The Morgan fingerprint density at radius 1 is 1.14 bits per heavy atom. The first-order valence-electron chi connectivity index (χ1n) is 9.62. The zero-order valence-electron chi connectivity index (χ0n) is 15.9. The van der Waals surface area contributed by atoms with Crippen molar-refractivity contribution in [1.29, 1.82) is 0 Å². The van der Waals surface area contributed by atoms with Gasteiger partial charge >= 0.3 is 0 Å². The highest BCUT2D eigenvalue weighted by molar-refractivity contribution is 7.17. The van der Waals surface area contributed by atoms with Gasteiger partial charge in [0.2, 0.25) is 5.95 Å². The molecular weight excluding hydrogens is 390 g/mol. The number of rotatable bonds is 6. The minimum atomic E-state index is -0.131. The smallest absolute Gasteiger partial charge is 0.270 e. The second-order valence-electron chi connectivity index (χ2n) is 6.88. The van der Waals surface area contributed by atoms with Crippen LogP contribution in [-0.2, 0) is 0 Å². The Hall–Kier alpha value is -2.91. The molecule has 0 saturated carbocycles. The number of aliphatic hydroxyl groups excluding tert-OH is 1. The third-order valence-corrected chi connectivity index (χ3v) is 5.90. The molecule has 3 N–H and O–H groups in total. The van der Waals surface area contributed by atoms with Gasteiger partial charge in [-0.2, -0.15) is 0 Å². The number of amides is 1. The summed E-state index contributed by atoms with van der Waals surface area (Å²) < 4.78 is 0.660. The van der Waals surface area contributed by atoms with E-state index in [4.69, 9.17) is 5.11 Å². The number of hydrogen-bond acceptors (Lipinski definition) is 7. The molecule has 1 aliphatic rings. The Bertz CT molecular complexity index is 1040. The summed E-state index contributed by atoms with van der Waals surface area (Å²) in [4.78, 5) is 36.1. The number of aromatic nitrogens is 2. The molecule has 0 radical (unpaired) electrons. The third kappa shape index (κ3) is 4.25. The molecule has 0 unspecified atom stereocenters. The lowest BCUT2D eigenvalue weighted by Gasteiger charge is -2.36. The van der Waals surface area contributed by atoms with Gasteiger partial charge in [0.1, 0.15) is 4.70 Å². The van der Waals surface area contributed by atoms with Crippen LogP contribution in [0, 0.1) is 0 Å². The van der Waals surface area contributed by atoms with E-state index in [0.717, 1.165) is 37.4 Å². The fraction of sp³-hybridized carbons (Fsp3) is 0.350. The monoisotopic (exact) mass is 413 g/mol. The summed E-state index contributed by atoms with van der Waals surface area (Å²) in [5.74, 6) is 0.490. The summed E-state index contributed by atoms with van der Waals surface area (Å²) in [6.07, 6.45) is 0.549. The van der Waals surface area contributed by atoms with Gasteiger partial charge in [-0.3, -0.25) is 14.6 Å². The lowest BCUT2D eigenvalue weighted by molar-refractivity contribution is 0.0951. The van der Waals surface area contributed by atoms with Crippen LogP contribution >= 0.6 is 11.3 Å².